The SMILES string of the molecule is Cn1ncc(Cl)c1C1(C)CCC(Br)C1. The molecular formula is C10H14BrClN2. The third kappa shape index (κ3) is 1.61. The zero-order chi connectivity index (χ0) is 10.3. The average molecular weight is 278 g/mol. The van der Waals surface area contributed by atoms with Crippen molar-refractivity contribution in [2.24, 2.45) is 7.05 Å². The Balaban J connectivity index is 2.39. The minimum absolute atomic E-state index is 0.191. The predicted octanol–water partition coefficient (Wildman–Crippen LogP) is 3.28. The normalized spacial score (nSPS) is 32.4. The summed E-state index contributed by atoms with van der Waals surface area (Å²) in [6, 6.07) is 0. The molecule has 2 nitrogen and oxygen atoms in total. The van der Waals surface area contributed by atoms with Crippen molar-refractivity contribution >= 4 is 27.5 Å². The molecule has 1 aliphatic carbocycles. The first-order valence-corrected chi connectivity index (χ1v) is 6.14. The van der Waals surface area contributed by atoms with Gasteiger partial charge < -0.3 is 0 Å². The molecule has 0 spiro atoms. The van der Waals surface area contributed by atoms with Crippen LogP contribution in [0.5, 0.6) is 0 Å². The van der Waals surface area contributed by atoms with E-state index in [9.17, 15) is 0 Å². The molecule has 0 aromatic carbocycles. The van der Waals surface area contributed by atoms with Crippen LogP contribution in [0.2, 0.25) is 5.02 Å². The predicted molar refractivity (Wildman–Crippen MR) is 62.1 cm³/mol. The van der Waals surface area contributed by atoms with Crippen LogP contribution in [0, 0.1) is 0 Å². The van der Waals surface area contributed by atoms with Gasteiger partial charge in [0.1, 0.15) is 0 Å². The fourth-order valence-electron chi connectivity index (χ4n) is 2.47. The third-order valence-electron chi connectivity index (χ3n) is 3.15. The van der Waals surface area contributed by atoms with E-state index in [0.29, 0.717) is 4.83 Å². The molecule has 0 N–H and O–H groups in total. The Kier molecular flexibility index (Phi) is 2.64. The maximum Gasteiger partial charge on any atom is 0.0823 e. The summed E-state index contributed by atoms with van der Waals surface area (Å²) in [7, 11) is 1.97. The highest BCUT2D eigenvalue weighted by Gasteiger charge is 2.38. The van der Waals surface area contributed by atoms with Crippen molar-refractivity contribution in [1.82, 2.24) is 9.78 Å². The van der Waals surface area contributed by atoms with Gasteiger partial charge in [0.15, 0.2) is 0 Å². The minimum atomic E-state index is 0.191. The highest BCUT2D eigenvalue weighted by molar-refractivity contribution is 9.09. The van der Waals surface area contributed by atoms with Gasteiger partial charge in [-0.2, -0.15) is 5.10 Å². The summed E-state index contributed by atoms with van der Waals surface area (Å²) in [6.45, 7) is 2.27. The van der Waals surface area contributed by atoms with Gasteiger partial charge in [0.25, 0.3) is 0 Å². The minimum Gasteiger partial charge on any atom is -0.271 e. The van der Waals surface area contributed by atoms with Crippen LogP contribution in [0.25, 0.3) is 0 Å². The number of alkyl halides is 1. The van der Waals surface area contributed by atoms with Crippen molar-refractivity contribution < 1.29 is 0 Å². The smallest absolute Gasteiger partial charge is 0.0823 e. The third-order valence-corrected chi connectivity index (χ3v) is 4.21. The Labute approximate surface area is 97.8 Å². The first-order valence-electron chi connectivity index (χ1n) is 4.85. The molecule has 1 saturated carbocycles. The van der Waals surface area contributed by atoms with Crippen LogP contribution in [0.3, 0.4) is 0 Å². The molecular weight excluding hydrogens is 263 g/mol. The molecule has 1 aromatic heterocycles. The van der Waals surface area contributed by atoms with E-state index in [-0.39, 0.29) is 5.41 Å². The maximum atomic E-state index is 6.16. The summed E-state index contributed by atoms with van der Waals surface area (Å²) in [5.41, 5.74) is 1.37. The molecule has 0 bridgehead atoms. The molecule has 14 heavy (non-hydrogen) atoms. The maximum absolute atomic E-state index is 6.16. The summed E-state index contributed by atoms with van der Waals surface area (Å²) < 4.78 is 1.91. The van der Waals surface area contributed by atoms with Crippen LogP contribution in [-0.4, -0.2) is 14.6 Å². The van der Waals surface area contributed by atoms with Crippen LogP contribution in [-0.2, 0) is 12.5 Å². The first-order chi connectivity index (χ1) is 6.53. The molecule has 1 aliphatic rings. The van der Waals surface area contributed by atoms with E-state index in [1.165, 1.54) is 18.5 Å². The number of halogens is 2. The van der Waals surface area contributed by atoms with Gasteiger partial charge >= 0.3 is 0 Å². The average Bonchev–Trinajstić information content (AvgIpc) is 2.58. The lowest BCUT2D eigenvalue weighted by molar-refractivity contribution is 0.450. The number of rotatable bonds is 1. The van der Waals surface area contributed by atoms with Crippen molar-refractivity contribution in [1.29, 1.82) is 0 Å². The number of aryl methyl sites for hydroxylation is 1. The van der Waals surface area contributed by atoms with Crippen LogP contribution in [0.15, 0.2) is 6.20 Å². The van der Waals surface area contributed by atoms with E-state index in [2.05, 4.69) is 28.0 Å². The summed E-state index contributed by atoms with van der Waals surface area (Å²) in [4.78, 5) is 0.624. The molecule has 0 radical (unpaired) electrons. The lowest BCUT2D eigenvalue weighted by atomic mass is 9.85. The van der Waals surface area contributed by atoms with Gasteiger partial charge in [-0.25, -0.2) is 0 Å². The summed E-state index contributed by atoms with van der Waals surface area (Å²) in [5, 5.41) is 5.00. The van der Waals surface area contributed by atoms with Crippen molar-refractivity contribution in [3.63, 3.8) is 0 Å². The second-order valence-electron chi connectivity index (χ2n) is 4.37. The monoisotopic (exact) mass is 276 g/mol. The van der Waals surface area contributed by atoms with E-state index in [1.807, 2.05) is 11.7 Å². The van der Waals surface area contributed by atoms with E-state index >= 15 is 0 Å². The lowest BCUT2D eigenvalue weighted by Crippen LogP contribution is -2.22. The number of nitrogens with zero attached hydrogens (tertiary/aromatic N) is 2. The van der Waals surface area contributed by atoms with Gasteiger partial charge in [-0.05, 0) is 19.3 Å². The van der Waals surface area contributed by atoms with Gasteiger partial charge in [0.2, 0.25) is 0 Å². The number of hydrogen-bond acceptors (Lipinski definition) is 1. The zero-order valence-electron chi connectivity index (χ0n) is 8.43. The van der Waals surface area contributed by atoms with Crippen molar-refractivity contribution in [2.75, 3.05) is 0 Å². The standard InChI is InChI=1S/C10H14BrClN2/c1-10(4-3-7(11)5-10)9-8(12)6-13-14(9)2/h6-7H,3-5H2,1-2H3. The molecule has 1 heterocycles. The van der Waals surface area contributed by atoms with Crippen LogP contribution < -0.4 is 0 Å². The highest BCUT2D eigenvalue weighted by Crippen LogP contribution is 2.45. The molecule has 0 aliphatic heterocycles. The summed E-state index contributed by atoms with van der Waals surface area (Å²) >= 11 is 9.84. The van der Waals surface area contributed by atoms with Gasteiger partial charge in [-0.3, -0.25) is 4.68 Å². The van der Waals surface area contributed by atoms with Gasteiger partial charge in [-0.15, -0.1) is 0 Å². The fraction of sp³-hybridized carbons (Fsp3) is 0.700. The molecule has 0 saturated heterocycles. The van der Waals surface area contributed by atoms with Crippen molar-refractivity contribution in [3.05, 3.63) is 16.9 Å². The van der Waals surface area contributed by atoms with Crippen molar-refractivity contribution in [3.8, 4) is 0 Å². The molecule has 78 valence electrons. The molecule has 1 aromatic rings. The van der Waals surface area contributed by atoms with E-state index < -0.39 is 0 Å². The Hall–Kier alpha value is -0.0200. The van der Waals surface area contributed by atoms with Crippen molar-refractivity contribution in [2.45, 2.75) is 36.4 Å². The van der Waals surface area contributed by atoms with E-state index in [1.54, 1.807) is 6.20 Å². The molecule has 0 amide bonds. The Morgan fingerprint density at radius 2 is 2.43 bits per heavy atom. The number of hydrogen-bond donors (Lipinski definition) is 0. The van der Waals surface area contributed by atoms with E-state index in [0.717, 1.165) is 11.4 Å². The molecule has 4 heteroatoms. The topological polar surface area (TPSA) is 17.8 Å². The fourth-order valence-corrected chi connectivity index (χ4v) is 3.81. The molecule has 2 rings (SSSR count). The quantitative estimate of drug-likeness (QED) is 0.720. The Bertz CT molecular complexity index is 330. The summed E-state index contributed by atoms with van der Waals surface area (Å²) in [5.74, 6) is 0. The molecule has 2 atom stereocenters. The molecule has 1 fully saturated rings. The van der Waals surface area contributed by atoms with E-state index in [4.69, 9.17) is 11.6 Å². The largest absolute Gasteiger partial charge is 0.271 e. The number of aromatic nitrogens is 2. The van der Waals surface area contributed by atoms with Gasteiger partial charge in [-0.1, -0.05) is 34.5 Å². The highest BCUT2D eigenvalue weighted by atomic mass is 79.9. The van der Waals surface area contributed by atoms with Crippen LogP contribution in [0.1, 0.15) is 31.9 Å². The zero-order valence-corrected chi connectivity index (χ0v) is 10.8. The molecule has 2 unspecified atom stereocenters. The van der Waals surface area contributed by atoms with Gasteiger partial charge in [0.05, 0.1) is 16.9 Å². The summed E-state index contributed by atoms with van der Waals surface area (Å²) in [6.07, 6.45) is 5.29. The second kappa shape index (κ2) is 3.53. The Morgan fingerprint density at radius 1 is 1.71 bits per heavy atom. The lowest BCUT2D eigenvalue weighted by Gasteiger charge is -2.24. The first kappa shape index (κ1) is 10.5. The van der Waals surface area contributed by atoms with Crippen LogP contribution in [0.4, 0.5) is 0 Å². The van der Waals surface area contributed by atoms with Gasteiger partial charge in [0, 0.05) is 17.3 Å². The van der Waals surface area contributed by atoms with Crippen LogP contribution >= 0.6 is 27.5 Å². The Morgan fingerprint density at radius 3 is 2.86 bits per heavy atom. The second-order valence-corrected chi connectivity index (χ2v) is 6.07.